The number of aliphatic hydroxyl groups excluding tert-OH is 1. The van der Waals surface area contributed by atoms with E-state index in [9.17, 15) is 19.0 Å². The van der Waals surface area contributed by atoms with Crippen molar-refractivity contribution in [2.45, 2.75) is 49.1 Å². The van der Waals surface area contributed by atoms with Crippen LogP contribution >= 0.6 is 27.3 Å². The maximum absolute atomic E-state index is 15.9. The molecule has 9 unspecified atom stereocenters. The molecule has 6 N–H and O–H groups in total. The van der Waals surface area contributed by atoms with Crippen LogP contribution in [0, 0.1) is 0 Å². The van der Waals surface area contributed by atoms with E-state index in [-0.39, 0.29) is 34.1 Å². The third kappa shape index (κ3) is 5.10. The molecule has 0 spiro atoms. The highest BCUT2D eigenvalue weighted by Gasteiger charge is 2.52. The number of alkyl halides is 1. The van der Waals surface area contributed by atoms with Crippen LogP contribution in [0.3, 0.4) is 0 Å². The minimum Gasteiger partial charge on any atom is -0.387 e. The first kappa shape index (κ1) is 29.7. The van der Waals surface area contributed by atoms with E-state index in [0.717, 1.165) is 0 Å². The second-order valence-electron chi connectivity index (χ2n) is 9.90. The topological polar surface area (TPSA) is 269 Å². The molecule has 0 amide bonds. The highest BCUT2D eigenvalue weighted by atomic mass is 32.7. The fourth-order valence-corrected chi connectivity index (χ4v) is 7.55. The lowest BCUT2D eigenvalue weighted by molar-refractivity contribution is -0.0564. The Morgan fingerprint density at radius 1 is 1.05 bits per heavy atom. The van der Waals surface area contributed by atoms with Crippen molar-refractivity contribution in [2.75, 3.05) is 24.7 Å². The summed E-state index contributed by atoms with van der Waals surface area (Å²) in [5.74, 6) is -0.167. The molecule has 4 aromatic rings. The number of imidazole rings is 2. The molecule has 0 radical (unpaired) electrons. The Morgan fingerprint density at radius 2 is 1.77 bits per heavy atom. The monoisotopic (exact) mass is 676 g/mol. The molecule has 20 nitrogen and oxygen atoms in total. The molecule has 3 aliphatic rings. The quantitative estimate of drug-likeness (QED) is 0.137. The second-order valence-corrected chi connectivity index (χ2v) is 13.8. The Hall–Kier alpha value is -3.04. The fraction of sp³-hybridized carbons (Fsp3) is 0.500. The molecular formula is C20H23FN10O10P2S. The molecule has 0 saturated carbocycles. The molecule has 4 aromatic heterocycles. The Morgan fingerprint density at radius 3 is 2.57 bits per heavy atom. The Balaban J connectivity index is 1.18. The first-order valence-electron chi connectivity index (χ1n) is 12.8. The second kappa shape index (κ2) is 11.1. The molecule has 3 fully saturated rings. The molecule has 10 atom stereocenters. The largest absolute Gasteiger partial charge is 0.387 e. The van der Waals surface area contributed by atoms with Crippen molar-refractivity contribution in [1.29, 1.82) is 0 Å². The van der Waals surface area contributed by atoms with E-state index in [1.807, 2.05) is 0 Å². The van der Waals surface area contributed by atoms with Gasteiger partial charge in [-0.25, -0.2) is 28.9 Å². The van der Waals surface area contributed by atoms with Crippen molar-refractivity contribution in [2.24, 2.45) is 0 Å². The molecule has 0 aromatic carbocycles. The number of nitrogens with two attached hydrogens (primary N) is 2. The van der Waals surface area contributed by atoms with Crippen LogP contribution in [0.15, 0.2) is 23.8 Å². The smallest absolute Gasteiger partial charge is 0.386 e. The number of hydrogen-bond acceptors (Lipinski definition) is 17. The summed E-state index contributed by atoms with van der Waals surface area (Å²) < 4.78 is 78.3. The van der Waals surface area contributed by atoms with Crippen molar-refractivity contribution >= 4 is 61.4 Å². The maximum Gasteiger partial charge on any atom is 0.386 e. The molecule has 44 heavy (non-hydrogen) atoms. The summed E-state index contributed by atoms with van der Waals surface area (Å²) in [4.78, 5) is 34.7. The minimum atomic E-state index is -4.38. The lowest BCUT2D eigenvalue weighted by Crippen LogP contribution is -2.35. The zero-order valence-electron chi connectivity index (χ0n) is 21.9. The number of thiol groups is 1. The molecule has 7 rings (SSSR count). The number of nitrogens with one attached hydrogen (secondary N) is 1. The zero-order chi connectivity index (χ0) is 30.9. The van der Waals surface area contributed by atoms with E-state index < -0.39 is 83.0 Å². The summed E-state index contributed by atoms with van der Waals surface area (Å²) in [5, 5.41) is 11.1. The number of nitrogens with zero attached hydrogens (tertiary/aromatic N) is 7. The summed E-state index contributed by atoms with van der Waals surface area (Å²) >= 11 is 4.04. The van der Waals surface area contributed by atoms with Gasteiger partial charge >= 0.3 is 15.1 Å². The van der Waals surface area contributed by atoms with Crippen molar-refractivity contribution in [3.8, 4) is 0 Å². The van der Waals surface area contributed by atoms with Gasteiger partial charge in [0, 0.05) is 0 Å². The van der Waals surface area contributed by atoms with E-state index in [1.165, 1.54) is 28.1 Å². The summed E-state index contributed by atoms with van der Waals surface area (Å²) in [6.45, 7) is -5.54. The van der Waals surface area contributed by atoms with Gasteiger partial charge in [-0.1, -0.05) is 12.2 Å². The van der Waals surface area contributed by atoms with E-state index >= 15 is 4.39 Å². The van der Waals surface area contributed by atoms with Crippen LogP contribution in [0.5, 0.6) is 0 Å². The van der Waals surface area contributed by atoms with Crippen molar-refractivity contribution in [3.63, 3.8) is 0 Å². The van der Waals surface area contributed by atoms with E-state index in [2.05, 4.69) is 42.2 Å². The number of H-pyrrole nitrogens is 1. The molecule has 7 heterocycles. The zero-order valence-corrected chi connectivity index (χ0v) is 24.7. The third-order valence-corrected chi connectivity index (χ3v) is 9.70. The van der Waals surface area contributed by atoms with Gasteiger partial charge in [-0.05, 0) is 0 Å². The van der Waals surface area contributed by atoms with Crippen LogP contribution in [0.25, 0.3) is 22.3 Å². The molecule has 3 aliphatic heterocycles. The Kier molecular flexibility index (Phi) is 7.47. The van der Waals surface area contributed by atoms with Crippen molar-refractivity contribution < 1.29 is 46.2 Å². The number of nitrogen functional groups attached to an aromatic ring is 2. The van der Waals surface area contributed by atoms with Gasteiger partial charge in [0.25, 0.3) is 5.56 Å². The number of halogens is 1. The average Bonchev–Trinajstić information content (AvgIpc) is 3.72. The lowest BCUT2D eigenvalue weighted by Gasteiger charge is -2.25. The third-order valence-electron chi connectivity index (χ3n) is 7.22. The Labute approximate surface area is 249 Å². The molecule has 236 valence electrons. The normalized spacial score (nSPS) is 36.6. The number of fused-ring (bicyclic) bond motifs is 5. The van der Waals surface area contributed by atoms with Gasteiger partial charge < -0.3 is 35.1 Å². The fourth-order valence-electron chi connectivity index (χ4n) is 5.22. The maximum atomic E-state index is 15.9. The van der Waals surface area contributed by atoms with Crippen LogP contribution in [0.1, 0.15) is 12.5 Å². The molecular weight excluding hydrogens is 653 g/mol. The van der Waals surface area contributed by atoms with Gasteiger partial charge in [-0.15, -0.1) is 0 Å². The number of aromatic amines is 1. The van der Waals surface area contributed by atoms with Crippen molar-refractivity contribution in [3.05, 3.63) is 29.3 Å². The molecule has 0 aliphatic carbocycles. The van der Waals surface area contributed by atoms with Gasteiger partial charge in [-0.2, -0.15) is 4.98 Å². The summed E-state index contributed by atoms with van der Waals surface area (Å²) in [6, 6.07) is 0. The highest BCUT2D eigenvalue weighted by molar-refractivity contribution is 8.44. The number of ether oxygens (including phenoxy) is 2. The van der Waals surface area contributed by atoms with Crippen LogP contribution in [0.4, 0.5) is 16.2 Å². The van der Waals surface area contributed by atoms with Crippen LogP contribution in [0.2, 0.25) is 0 Å². The molecule has 2 bridgehead atoms. The van der Waals surface area contributed by atoms with Gasteiger partial charge in [0.15, 0.2) is 41.3 Å². The highest BCUT2D eigenvalue weighted by Crippen LogP contribution is 2.57. The van der Waals surface area contributed by atoms with Crippen LogP contribution in [-0.4, -0.2) is 94.0 Å². The SMILES string of the molecule is Nc1nc2c(ncn2C2OC3CO[PH](=O)OC4C(CO[P@](=O)(S)OC2C3O)OC(n2cnc3c(N)ncnc32)C4F)c(=O)[nH]1. The molecule has 24 heteroatoms. The van der Waals surface area contributed by atoms with Crippen LogP contribution < -0.4 is 17.0 Å². The number of hydrogen-bond donors (Lipinski definition) is 5. The minimum absolute atomic E-state index is 0.0344. The van der Waals surface area contributed by atoms with Gasteiger partial charge in [0.2, 0.25) is 5.95 Å². The number of rotatable bonds is 2. The van der Waals surface area contributed by atoms with E-state index in [0.29, 0.717) is 0 Å². The van der Waals surface area contributed by atoms with E-state index in [1.54, 1.807) is 0 Å². The van der Waals surface area contributed by atoms with Gasteiger partial charge in [0.05, 0.1) is 25.9 Å². The number of anilines is 2. The standard InChI is InChI=1S/C20H23FN10O10P2S/c21-8-12-7(39-18(8)30-4-26-9-14(22)24-3-25-15(9)30)2-37-43(35,44)41-13-11(32)6(1-36-42(34)40-12)38-19(13)31-5-27-10-16(31)28-20(23)29-17(10)33/h3-8,11-13,18-19,32,42H,1-2H2,(H,35,44)(H2,22,24,25)(H3,23,28,29,33)/t6?,7?,8?,11?,12?,13?,18?,19?,43-/m0/s1. The Bertz CT molecular complexity index is 1880. The average molecular weight is 676 g/mol. The van der Waals surface area contributed by atoms with Crippen molar-refractivity contribution in [1.82, 2.24) is 39.0 Å². The van der Waals surface area contributed by atoms with Crippen LogP contribution in [-0.2, 0) is 36.7 Å². The first-order valence-corrected chi connectivity index (χ1v) is 16.7. The predicted molar refractivity (Wildman–Crippen MR) is 148 cm³/mol. The summed E-state index contributed by atoms with van der Waals surface area (Å²) in [5.41, 5.74) is 11.1. The number of aliphatic hydroxyl groups is 1. The molecule has 3 saturated heterocycles. The predicted octanol–water partition coefficient (Wildman–Crippen LogP) is -0.138. The number of aromatic nitrogens is 8. The summed E-state index contributed by atoms with van der Waals surface area (Å²) in [7, 11) is -3.46. The van der Waals surface area contributed by atoms with Gasteiger partial charge in [0.1, 0.15) is 42.4 Å². The van der Waals surface area contributed by atoms with E-state index in [4.69, 9.17) is 39.0 Å². The van der Waals surface area contributed by atoms with Gasteiger partial charge in [-0.3, -0.25) is 32.5 Å². The first-order chi connectivity index (χ1) is 21.0. The lowest BCUT2D eigenvalue weighted by atomic mass is 10.1. The summed E-state index contributed by atoms with van der Waals surface area (Å²) in [6.07, 6.45) is -8.23.